The smallest absolute Gasteiger partial charge is 0.124 e. The monoisotopic (exact) mass is 213 g/mol. The minimum Gasteiger partial charge on any atom is -0.507 e. The highest BCUT2D eigenvalue weighted by Gasteiger charge is 2.06. The molecule has 0 atom stereocenters. The van der Waals surface area contributed by atoms with E-state index in [4.69, 9.17) is 0 Å². The molecule has 0 aliphatic rings. The molecule has 2 aromatic carbocycles. The normalized spacial score (nSPS) is 11.1. The van der Waals surface area contributed by atoms with Gasteiger partial charge in [0, 0.05) is 23.2 Å². The van der Waals surface area contributed by atoms with Crippen molar-refractivity contribution in [3.8, 4) is 5.75 Å². The van der Waals surface area contributed by atoms with Gasteiger partial charge in [-0.25, -0.2) is 4.39 Å². The van der Waals surface area contributed by atoms with Crippen LogP contribution in [0.4, 0.5) is 4.39 Å². The predicted molar refractivity (Wildman–Crippen MR) is 60.9 cm³/mol. The van der Waals surface area contributed by atoms with Gasteiger partial charge in [0.25, 0.3) is 0 Å². The molecule has 16 heavy (non-hydrogen) atoms. The molecular formula is C13H8FNO. The SMILES string of the molecule is Oc1cc2ccncc2c2cc(F)ccc12. The number of halogens is 1. The van der Waals surface area contributed by atoms with Crippen LogP contribution >= 0.6 is 0 Å². The van der Waals surface area contributed by atoms with Crippen LogP contribution in [0.1, 0.15) is 0 Å². The first-order valence-electron chi connectivity index (χ1n) is 4.91. The minimum absolute atomic E-state index is 0.161. The lowest BCUT2D eigenvalue weighted by Crippen LogP contribution is -1.82. The van der Waals surface area contributed by atoms with Crippen LogP contribution in [0.25, 0.3) is 21.5 Å². The van der Waals surface area contributed by atoms with E-state index in [2.05, 4.69) is 4.98 Å². The van der Waals surface area contributed by atoms with Crippen molar-refractivity contribution >= 4 is 21.5 Å². The summed E-state index contributed by atoms with van der Waals surface area (Å²) in [6.07, 6.45) is 3.32. The van der Waals surface area contributed by atoms with Gasteiger partial charge in [0.2, 0.25) is 0 Å². The first-order valence-corrected chi connectivity index (χ1v) is 4.91. The molecule has 1 aromatic heterocycles. The molecule has 1 heterocycles. The number of rotatable bonds is 0. The zero-order valence-electron chi connectivity index (χ0n) is 8.31. The van der Waals surface area contributed by atoms with Crippen molar-refractivity contribution in [2.45, 2.75) is 0 Å². The Morgan fingerprint density at radius 2 is 1.88 bits per heavy atom. The molecule has 0 saturated heterocycles. The van der Waals surface area contributed by atoms with Crippen LogP contribution in [0, 0.1) is 5.82 Å². The number of aromatic hydroxyl groups is 1. The van der Waals surface area contributed by atoms with E-state index in [0.29, 0.717) is 10.8 Å². The van der Waals surface area contributed by atoms with Crippen LogP contribution in [0.5, 0.6) is 5.75 Å². The first kappa shape index (κ1) is 9.09. The number of aromatic nitrogens is 1. The molecule has 3 aromatic rings. The van der Waals surface area contributed by atoms with E-state index in [9.17, 15) is 9.50 Å². The summed E-state index contributed by atoms with van der Waals surface area (Å²) < 4.78 is 13.2. The summed E-state index contributed by atoms with van der Waals surface area (Å²) >= 11 is 0. The van der Waals surface area contributed by atoms with Gasteiger partial charge >= 0.3 is 0 Å². The topological polar surface area (TPSA) is 33.1 Å². The second-order valence-electron chi connectivity index (χ2n) is 3.68. The van der Waals surface area contributed by atoms with E-state index >= 15 is 0 Å². The summed E-state index contributed by atoms with van der Waals surface area (Å²) in [6, 6.07) is 7.78. The highest BCUT2D eigenvalue weighted by atomic mass is 19.1. The molecule has 3 heteroatoms. The van der Waals surface area contributed by atoms with Crippen molar-refractivity contribution in [3.63, 3.8) is 0 Å². The Morgan fingerprint density at radius 3 is 2.75 bits per heavy atom. The van der Waals surface area contributed by atoms with Gasteiger partial charge in [-0.05, 0) is 41.1 Å². The fourth-order valence-electron chi connectivity index (χ4n) is 1.94. The van der Waals surface area contributed by atoms with Gasteiger partial charge in [-0.15, -0.1) is 0 Å². The van der Waals surface area contributed by atoms with Crippen molar-refractivity contribution in [1.29, 1.82) is 0 Å². The van der Waals surface area contributed by atoms with Gasteiger partial charge in [-0.2, -0.15) is 0 Å². The van der Waals surface area contributed by atoms with Gasteiger partial charge in [0.05, 0.1) is 0 Å². The summed E-state index contributed by atoms with van der Waals surface area (Å²) in [6.45, 7) is 0. The molecule has 0 radical (unpaired) electrons. The summed E-state index contributed by atoms with van der Waals surface area (Å²) in [5.74, 6) is -0.156. The zero-order valence-corrected chi connectivity index (χ0v) is 8.31. The number of phenols is 1. The Hall–Kier alpha value is -2.16. The van der Waals surface area contributed by atoms with Crippen LogP contribution in [0.15, 0.2) is 42.7 Å². The number of phenolic OH excluding ortho intramolecular Hbond substituents is 1. The molecule has 78 valence electrons. The van der Waals surface area contributed by atoms with Crippen molar-refractivity contribution in [3.05, 3.63) is 48.5 Å². The Labute approximate surface area is 91.0 Å². The average Bonchev–Trinajstić information content (AvgIpc) is 2.29. The predicted octanol–water partition coefficient (Wildman–Crippen LogP) is 3.23. The lowest BCUT2D eigenvalue weighted by molar-refractivity contribution is 0.482. The van der Waals surface area contributed by atoms with Gasteiger partial charge in [0.15, 0.2) is 0 Å². The molecular weight excluding hydrogens is 205 g/mol. The Morgan fingerprint density at radius 1 is 1.00 bits per heavy atom. The molecule has 2 nitrogen and oxygen atoms in total. The number of nitrogens with zero attached hydrogens (tertiary/aromatic N) is 1. The van der Waals surface area contributed by atoms with Crippen molar-refractivity contribution in [2.75, 3.05) is 0 Å². The number of pyridine rings is 1. The lowest BCUT2D eigenvalue weighted by Gasteiger charge is -2.05. The van der Waals surface area contributed by atoms with E-state index in [0.717, 1.165) is 10.8 Å². The van der Waals surface area contributed by atoms with Gasteiger partial charge in [-0.1, -0.05) is 0 Å². The molecule has 0 fully saturated rings. The Bertz CT molecular complexity index is 694. The second-order valence-corrected chi connectivity index (χ2v) is 3.68. The maximum absolute atomic E-state index is 13.2. The van der Waals surface area contributed by atoms with E-state index in [1.165, 1.54) is 12.1 Å². The number of benzene rings is 2. The highest BCUT2D eigenvalue weighted by molar-refractivity contribution is 6.09. The molecule has 0 unspecified atom stereocenters. The first-order chi connectivity index (χ1) is 7.75. The molecule has 0 aliphatic carbocycles. The van der Waals surface area contributed by atoms with Crippen molar-refractivity contribution in [2.24, 2.45) is 0 Å². The largest absolute Gasteiger partial charge is 0.507 e. The standard InChI is InChI=1S/C13H8FNO/c14-9-1-2-10-11(6-9)12-7-15-4-3-8(12)5-13(10)16/h1-7,16H. The molecule has 0 aliphatic heterocycles. The molecule has 0 bridgehead atoms. The van der Waals surface area contributed by atoms with Gasteiger partial charge in [-0.3, -0.25) is 4.98 Å². The minimum atomic E-state index is -0.316. The van der Waals surface area contributed by atoms with Crippen molar-refractivity contribution < 1.29 is 9.50 Å². The summed E-state index contributed by atoms with van der Waals surface area (Å²) in [7, 11) is 0. The van der Waals surface area contributed by atoms with Gasteiger partial charge in [0.1, 0.15) is 11.6 Å². The van der Waals surface area contributed by atoms with Crippen LogP contribution < -0.4 is 0 Å². The third-order valence-corrected chi connectivity index (χ3v) is 2.69. The van der Waals surface area contributed by atoms with E-state index in [1.54, 1.807) is 30.6 Å². The Kier molecular flexibility index (Phi) is 1.80. The van der Waals surface area contributed by atoms with Crippen LogP contribution in [0.2, 0.25) is 0 Å². The fourth-order valence-corrected chi connectivity index (χ4v) is 1.94. The quantitative estimate of drug-likeness (QED) is 0.581. The number of fused-ring (bicyclic) bond motifs is 3. The third-order valence-electron chi connectivity index (χ3n) is 2.69. The molecule has 0 saturated carbocycles. The maximum atomic E-state index is 13.2. The average molecular weight is 213 g/mol. The molecule has 1 N–H and O–H groups in total. The second kappa shape index (κ2) is 3.17. The number of hydrogen-bond acceptors (Lipinski definition) is 2. The lowest BCUT2D eigenvalue weighted by atomic mass is 10.0. The summed E-state index contributed by atoms with van der Waals surface area (Å²) in [4.78, 5) is 4.02. The number of hydrogen-bond donors (Lipinski definition) is 1. The fraction of sp³-hybridized carbons (Fsp3) is 0. The van der Waals surface area contributed by atoms with Crippen LogP contribution in [-0.4, -0.2) is 10.1 Å². The summed E-state index contributed by atoms with van der Waals surface area (Å²) in [5.41, 5.74) is 0. The van der Waals surface area contributed by atoms with E-state index in [1.807, 2.05) is 0 Å². The third kappa shape index (κ3) is 1.21. The van der Waals surface area contributed by atoms with E-state index in [-0.39, 0.29) is 11.6 Å². The maximum Gasteiger partial charge on any atom is 0.124 e. The van der Waals surface area contributed by atoms with E-state index < -0.39 is 0 Å². The molecule has 0 amide bonds. The highest BCUT2D eigenvalue weighted by Crippen LogP contribution is 2.32. The van der Waals surface area contributed by atoms with Gasteiger partial charge < -0.3 is 5.11 Å². The summed E-state index contributed by atoms with van der Waals surface area (Å²) in [5, 5.41) is 12.8. The van der Waals surface area contributed by atoms with Crippen LogP contribution in [0.3, 0.4) is 0 Å². The van der Waals surface area contributed by atoms with Crippen LogP contribution in [-0.2, 0) is 0 Å². The zero-order chi connectivity index (χ0) is 11.1. The molecule has 0 spiro atoms. The van der Waals surface area contributed by atoms with Crippen molar-refractivity contribution in [1.82, 2.24) is 4.98 Å². The Balaban J connectivity index is 2.61. The molecule has 3 rings (SSSR count).